The van der Waals surface area contributed by atoms with Crippen molar-refractivity contribution in [1.29, 1.82) is 0 Å². The third kappa shape index (κ3) is 4.89. The number of amides is 2. The second-order valence-electron chi connectivity index (χ2n) is 9.09. The molecule has 0 aliphatic carbocycles. The Bertz CT molecular complexity index is 1290. The van der Waals surface area contributed by atoms with Crippen LogP contribution in [0.25, 0.3) is 0 Å². The van der Waals surface area contributed by atoms with Crippen LogP contribution >= 0.6 is 11.6 Å². The molecule has 2 amide bonds. The van der Waals surface area contributed by atoms with Crippen LogP contribution in [0.1, 0.15) is 32.3 Å². The fraction of sp³-hybridized carbons (Fsp3) is 0.440. The zero-order chi connectivity index (χ0) is 26.2. The lowest BCUT2D eigenvalue weighted by Crippen LogP contribution is -2.41. The lowest BCUT2D eigenvalue weighted by atomic mass is 9.97. The number of piperidine rings is 1. The first-order valence-corrected chi connectivity index (χ1v) is 13.5. The summed E-state index contributed by atoms with van der Waals surface area (Å²) < 4.78 is 38.6. The molecule has 2 aliphatic rings. The van der Waals surface area contributed by atoms with Crippen molar-refractivity contribution in [2.24, 2.45) is 5.92 Å². The molecule has 0 aromatic heterocycles. The first-order valence-electron chi connectivity index (χ1n) is 11.7. The fourth-order valence-corrected chi connectivity index (χ4v) is 6.71. The number of methoxy groups -OCH3 is 2. The van der Waals surface area contributed by atoms with E-state index < -0.39 is 10.0 Å². The number of benzene rings is 2. The highest BCUT2D eigenvalue weighted by molar-refractivity contribution is 7.89. The van der Waals surface area contributed by atoms with Gasteiger partial charge in [0.15, 0.2) is 0 Å². The van der Waals surface area contributed by atoms with Crippen LogP contribution < -0.4 is 19.7 Å². The van der Waals surface area contributed by atoms with Gasteiger partial charge in [-0.2, -0.15) is 4.31 Å². The predicted molar refractivity (Wildman–Crippen MR) is 137 cm³/mol. The number of sulfonamides is 1. The molecule has 0 bridgehead atoms. The van der Waals surface area contributed by atoms with Crippen molar-refractivity contribution in [3.05, 3.63) is 40.9 Å². The van der Waals surface area contributed by atoms with Crippen LogP contribution in [0.2, 0.25) is 5.02 Å². The largest absolute Gasteiger partial charge is 0.495 e. The van der Waals surface area contributed by atoms with Gasteiger partial charge in [0.25, 0.3) is 0 Å². The van der Waals surface area contributed by atoms with Gasteiger partial charge in [0.2, 0.25) is 21.8 Å². The first kappa shape index (κ1) is 26.2. The second-order valence-corrected chi connectivity index (χ2v) is 11.4. The monoisotopic (exact) mass is 535 g/mol. The van der Waals surface area contributed by atoms with Crippen molar-refractivity contribution < 1.29 is 27.5 Å². The Morgan fingerprint density at radius 3 is 2.33 bits per heavy atom. The van der Waals surface area contributed by atoms with Gasteiger partial charge in [-0.05, 0) is 56.0 Å². The number of ether oxygens (including phenoxy) is 2. The summed E-state index contributed by atoms with van der Waals surface area (Å²) in [4.78, 5) is 26.8. The van der Waals surface area contributed by atoms with Gasteiger partial charge in [0.05, 0.1) is 29.8 Å². The summed E-state index contributed by atoms with van der Waals surface area (Å²) in [5.74, 6) is 0.208. The van der Waals surface area contributed by atoms with E-state index in [-0.39, 0.29) is 41.8 Å². The Morgan fingerprint density at radius 1 is 1.06 bits per heavy atom. The maximum absolute atomic E-state index is 13.3. The molecule has 1 saturated heterocycles. The van der Waals surface area contributed by atoms with Gasteiger partial charge in [-0.1, -0.05) is 11.6 Å². The number of carbonyl (C=O) groups is 2. The van der Waals surface area contributed by atoms with E-state index in [9.17, 15) is 18.0 Å². The molecule has 9 nitrogen and oxygen atoms in total. The van der Waals surface area contributed by atoms with Crippen LogP contribution in [0, 0.1) is 5.92 Å². The number of halogens is 1. The molecule has 2 aromatic carbocycles. The summed E-state index contributed by atoms with van der Waals surface area (Å²) in [6.07, 6.45) is 1.38. The Kier molecular flexibility index (Phi) is 7.49. The number of nitrogens with zero attached hydrogens (tertiary/aromatic N) is 2. The maximum Gasteiger partial charge on any atom is 0.243 e. The van der Waals surface area contributed by atoms with Gasteiger partial charge in [0, 0.05) is 43.7 Å². The normalized spacial score (nSPS) is 18.6. The Balaban J connectivity index is 1.43. The lowest BCUT2D eigenvalue weighted by molar-refractivity contribution is -0.121. The Morgan fingerprint density at radius 2 is 1.72 bits per heavy atom. The highest BCUT2D eigenvalue weighted by atomic mass is 35.5. The first-order chi connectivity index (χ1) is 17.1. The standard InChI is InChI=1S/C25H30ClN3O6S/c1-15-11-18-12-19(5-6-22(18)29(15)16(2)30)36(32,33)28-9-7-17(8-10-28)25(31)27-21-13-20(26)23(34-3)14-24(21)35-4/h5-6,12-15,17H,7-11H2,1-4H3,(H,27,31)/t15-/m1/s1. The zero-order valence-electron chi connectivity index (χ0n) is 20.7. The van der Waals surface area contributed by atoms with Gasteiger partial charge in [-0.15, -0.1) is 0 Å². The van der Waals surface area contributed by atoms with Crippen molar-refractivity contribution in [1.82, 2.24) is 4.31 Å². The van der Waals surface area contributed by atoms with Crippen LogP contribution in [0.5, 0.6) is 11.5 Å². The van der Waals surface area contributed by atoms with Crippen LogP contribution in [0.4, 0.5) is 11.4 Å². The van der Waals surface area contributed by atoms with Crippen LogP contribution in [-0.2, 0) is 26.0 Å². The number of nitrogens with one attached hydrogen (secondary N) is 1. The summed E-state index contributed by atoms with van der Waals surface area (Å²) >= 11 is 6.20. The molecule has 4 rings (SSSR count). The molecule has 194 valence electrons. The number of rotatable bonds is 6. The van der Waals surface area contributed by atoms with Gasteiger partial charge in [-0.25, -0.2) is 8.42 Å². The molecule has 11 heteroatoms. The van der Waals surface area contributed by atoms with Crippen LogP contribution in [0.15, 0.2) is 35.2 Å². The molecule has 1 N–H and O–H groups in total. The zero-order valence-corrected chi connectivity index (χ0v) is 22.3. The van der Waals surface area contributed by atoms with Crippen LogP contribution in [-0.4, -0.2) is 57.9 Å². The van der Waals surface area contributed by atoms with Crippen molar-refractivity contribution in [3.8, 4) is 11.5 Å². The molecule has 1 fully saturated rings. The van der Waals surface area contributed by atoms with E-state index >= 15 is 0 Å². The molecule has 2 heterocycles. The topological polar surface area (TPSA) is 105 Å². The van der Waals surface area contributed by atoms with E-state index in [1.54, 1.807) is 35.2 Å². The number of hydrogen-bond donors (Lipinski definition) is 1. The number of fused-ring (bicyclic) bond motifs is 1. The van der Waals surface area contributed by atoms with Crippen molar-refractivity contribution in [2.45, 2.75) is 44.0 Å². The third-order valence-corrected chi connectivity index (χ3v) is 8.99. The summed E-state index contributed by atoms with van der Waals surface area (Å²) in [5.41, 5.74) is 2.04. The quantitative estimate of drug-likeness (QED) is 0.605. The summed E-state index contributed by atoms with van der Waals surface area (Å²) in [6, 6.07) is 8.09. The molecule has 36 heavy (non-hydrogen) atoms. The number of anilines is 2. The average Bonchev–Trinajstić information content (AvgIpc) is 3.19. The van der Waals surface area contributed by atoms with E-state index in [0.29, 0.717) is 41.5 Å². The van der Waals surface area contributed by atoms with E-state index in [1.165, 1.54) is 25.4 Å². The second kappa shape index (κ2) is 10.3. The lowest BCUT2D eigenvalue weighted by Gasteiger charge is -2.30. The van der Waals surface area contributed by atoms with Gasteiger partial charge in [0.1, 0.15) is 11.5 Å². The summed E-state index contributed by atoms with van der Waals surface area (Å²) in [5, 5.41) is 3.19. The van der Waals surface area contributed by atoms with Crippen molar-refractivity contribution in [2.75, 3.05) is 37.5 Å². The molecule has 0 saturated carbocycles. The molecular formula is C25H30ClN3O6S. The van der Waals surface area contributed by atoms with Gasteiger partial charge >= 0.3 is 0 Å². The predicted octanol–water partition coefficient (Wildman–Crippen LogP) is 3.69. The minimum absolute atomic E-state index is 0.0103. The third-order valence-electron chi connectivity index (χ3n) is 6.80. The minimum atomic E-state index is -3.72. The van der Waals surface area contributed by atoms with Gasteiger partial charge in [-0.3, -0.25) is 9.59 Å². The molecule has 2 aromatic rings. The maximum atomic E-state index is 13.3. The molecular weight excluding hydrogens is 506 g/mol. The molecule has 2 aliphatic heterocycles. The molecule has 0 unspecified atom stereocenters. The van der Waals surface area contributed by atoms with Crippen LogP contribution in [0.3, 0.4) is 0 Å². The number of carbonyl (C=O) groups excluding carboxylic acids is 2. The van der Waals surface area contributed by atoms with Gasteiger partial charge < -0.3 is 19.7 Å². The van der Waals surface area contributed by atoms with E-state index in [0.717, 1.165) is 11.3 Å². The summed E-state index contributed by atoms with van der Waals surface area (Å²) in [7, 11) is -0.748. The molecule has 0 radical (unpaired) electrons. The highest BCUT2D eigenvalue weighted by Gasteiger charge is 2.35. The summed E-state index contributed by atoms with van der Waals surface area (Å²) in [6.45, 7) is 3.92. The number of hydrogen-bond acceptors (Lipinski definition) is 6. The van der Waals surface area contributed by atoms with Crippen molar-refractivity contribution in [3.63, 3.8) is 0 Å². The SMILES string of the molecule is COc1cc(OC)c(NC(=O)C2CCN(S(=O)(=O)c3ccc4c(c3)C[C@@H](C)N4C(C)=O)CC2)cc1Cl. The fourth-order valence-electron chi connectivity index (χ4n) is 4.95. The Hall–Kier alpha value is -2.82. The highest BCUT2D eigenvalue weighted by Crippen LogP contribution is 2.37. The molecule has 1 atom stereocenters. The average molecular weight is 536 g/mol. The smallest absolute Gasteiger partial charge is 0.243 e. The molecule has 0 spiro atoms. The van der Waals surface area contributed by atoms with E-state index in [4.69, 9.17) is 21.1 Å². The minimum Gasteiger partial charge on any atom is -0.495 e. The van der Waals surface area contributed by atoms with E-state index in [2.05, 4.69) is 5.32 Å². The van der Waals surface area contributed by atoms with E-state index in [1.807, 2.05) is 6.92 Å². The van der Waals surface area contributed by atoms with Crippen molar-refractivity contribution >= 4 is 44.8 Å². The Labute approximate surface area is 216 Å².